The summed E-state index contributed by atoms with van der Waals surface area (Å²) in [5, 5.41) is 8.87. The van der Waals surface area contributed by atoms with Gasteiger partial charge in [-0.05, 0) is 50.3 Å². The Labute approximate surface area is 158 Å². The van der Waals surface area contributed by atoms with Crippen molar-refractivity contribution < 1.29 is 4.79 Å². The molecule has 4 rings (SSSR count). The molecule has 1 aliphatic heterocycles. The molecular formula is C19H24ClN5O. The van der Waals surface area contributed by atoms with E-state index in [1.54, 1.807) is 0 Å². The average molecular weight is 374 g/mol. The highest BCUT2D eigenvalue weighted by Crippen LogP contribution is 2.41. The lowest BCUT2D eigenvalue weighted by Gasteiger charge is -2.44. The minimum Gasteiger partial charge on any atom is -0.331 e. The molecule has 26 heavy (non-hydrogen) atoms. The molecule has 0 radical (unpaired) electrons. The molecule has 1 aromatic carbocycles. The fourth-order valence-corrected chi connectivity index (χ4v) is 4.68. The number of hydrogen-bond acceptors (Lipinski definition) is 4. The summed E-state index contributed by atoms with van der Waals surface area (Å²) >= 11 is 6.19. The Hall–Kier alpha value is -1.92. The van der Waals surface area contributed by atoms with E-state index in [0.717, 1.165) is 49.6 Å². The van der Waals surface area contributed by atoms with Gasteiger partial charge in [-0.3, -0.25) is 4.79 Å². The molecule has 0 unspecified atom stereocenters. The van der Waals surface area contributed by atoms with Gasteiger partial charge in [0.05, 0.1) is 0 Å². The highest BCUT2D eigenvalue weighted by molar-refractivity contribution is 6.30. The van der Waals surface area contributed by atoms with Crippen LogP contribution in [0, 0.1) is 6.92 Å². The summed E-state index contributed by atoms with van der Waals surface area (Å²) in [5.41, 5.74) is 7.36. The normalized spacial score (nSPS) is 26.0. The second-order valence-electron chi connectivity index (χ2n) is 7.45. The molecule has 138 valence electrons. The highest BCUT2D eigenvalue weighted by atomic mass is 35.5. The molecule has 7 heteroatoms. The standard InChI is InChI=1S/C19H24ClN5O/c1-13-22-23-17-18(26)25(10-9-24(13)17)16-5-7-19(12-21,8-6-16)14-3-2-4-15(20)11-14/h2-4,11,16H,5-10,12,21H2,1H3. The van der Waals surface area contributed by atoms with E-state index in [9.17, 15) is 4.79 Å². The van der Waals surface area contributed by atoms with Crippen LogP contribution in [-0.2, 0) is 12.0 Å². The monoisotopic (exact) mass is 373 g/mol. The number of fused-ring (bicyclic) bond motifs is 1. The quantitative estimate of drug-likeness (QED) is 0.896. The first kappa shape index (κ1) is 17.5. The Morgan fingerprint density at radius 1 is 1.27 bits per heavy atom. The summed E-state index contributed by atoms with van der Waals surface area (Å²) in [6.07, 6.45) is 3.82. The maximum absolute atomic E-state index is 12.8. The van der Waals surface area contributed by atoms with Crippen LogP contribution < -0.4 is 5.73 Å². The van der Waals surface area contributed by atoms with E-state index in [4.69, 9.17) is 17.3 Å². The third-order valence-corrected chi connectivity index (χ3v) is 6.37. The van der Waals surface area contributed by atoms with Crippen LogP contribution in [-0.4, -0.2) is 44.7 Å². The van der Waals surface area contributed by atoms with Crippen molar-refractivity contribution in [1.82, 2.24) is 19.7 Å². The SMILES string of the molecule is Cc1nnc2n1CCN(C1CCC(CN)(c3cccc(Cl)c3)CC1)C2=O. The van der Waals surface area contributed by atoms with E-state index in [1.807, 2.05) is 34.6 Å². The van der Waals surface area contributed by atoms with Gasteiger partial charge < -0.3 is 15.2 Å². The molecular weight excluding hydrogens is 350 g/mol. The van der Waals surface area contributed by atoms with Crippen molar-refractivity contribution in [3.63, 3.8) is 0 Å². The minimum atomic E-state index is -0.0448. The van der Waals surface area contributed by atoms with E-state index in [1.165, 1.54) is 5.56 Å². The largest absolute Gasteiger partial charge is 0.331 e. The summed E-state index contributed by atoms with van der Waals surface area (Å²) in [6, 6.07) is 8.28. The van der Waals surface area contributed by atoms with Gasteiger partial charge in [-0.1, -0.05) is 23.7 Å². The van der Waals surface area contributed by atoms with E-state index >= 15 is 0 Å². The Kier molecular flexibility index (Phi) is 4.49. The summed E-state index contributed by atoms with van der Waals surface area (Å²) in [7, 11) is 0. The van der Waals surface area contributed by atoms with E-state index < -0.39 is 0 Å². The molecule has 1 aliphatic carbocycles. The number of carbonyl (C=O) groups is 1. The van der Waals surface area contributed by atoms with Gasteiger partial charge in [0.1, 0.15) is 5.82 Å². The van der Waals surface area contributed by atoms with Crippen LogP contribution >= 0.6 is 11.6 Å². The lowest BCUT2D eigenvalue weighted by molar-refractivity contribution is 0.0521. The van der Waals surface area contributed by atoms with Crippen molar-refractivity contribution in [3.05, 3.63) is 46.5 Å². The van der Waals surface area contributed by atoms with Crippen molar-refractivity contribution in [2.75, 3.05) is 13.1 Å². The summed E-state index contributed by atoms with van der Waals surface area (Å²) in [6.45, 7) is 3.98. The van der Waals surface area contributed by atoms with Gasteiger partial charge >= 0.3 is 0 Å². The number of nitrogens with two attached hydrogens (primary N) is 1. The molecule has 0 bridgehead atoms. The molecule has 0 atom stereocenters. The first-order valence-corrected chi connectivity index (χ1v) is 9.59. The molecule has 2 heterocycles. The van der Waals surface area contributed by atoms with E-state index in [0.29, 0.717) is 12.4 Å². The molecule has 1 saturated carbocycles. The number of aromatic nitrogens is 3. The Morgan fingerprint density at radius 2 is 2.04 bits per heavy atom. The number of carbonyl (C=O) groups excluding carboxylic acids is 1. The maximum Gasteiger partial charge on any atom is 0.292 e. The van der Waals surface area contributed by atoms with Gasteiger partial charge in [0.2, 0.25) is 5.82 Å². The Balaban J connectivity index is 1.51. The van der Waals surface area contributed by atoms with Gasteiger partial charge in [-0.25, -0.2) is 0 Å². The summed E-state index contributed by atoms with van der Waals surface area (Å²) < 4.78 is 1.91. The van der Waals surface area contributed by atoms with Gasteiger partial charge in [-0.2, -0.15) is 0 Å². The van der Waals surface area contributed by atoms with Crippen molar-refractivity contribution in [2.45, 2.75) is 50.6 Å². The fraction of sp³-hybridized carbons (Fsp3) is 0.526. The topological polar surface area (TPSA) is 77.0 Å². The zero-order chi connectivity index (χ0) is 18.3. The molecule has 2 aliphatic rings. The molecule has 6 nitrogen and oxygen atoms in total. The average Bonchev–Trinajstić information content (AvgIpc) is 3.04. The van der Waals surface area contributed by atoms with Crippen molar-refractivity contribution in [2.24, 2.45) is 5.73 Å². The second kappa shape index (κ2) is 6.67. The summed E-state index contributed by atoms with van der Waals surface area (Å²) in [4.78, 5) is 14.8. The van der Waals surface area contributed by atoms with Crippen molar-refractivity contribution in [1.29, 1.82) is 0 Å². The number of aryl methyl sites for hydroxylation is 1. The predicted molar refractivity (Wildman–Crippen MR) is 100 cm³/mol. The van der Waals surface area contributed by atoms with Gasteiger partial charge in [0, 0.05) is 36.1 Å². The second-order valence-corrected chi connectivity index (χ2v) is 7.88. The van der Waals surface area contributed by atoms with Crippen LogP contribution in [0.2, 0.25) is 5.02 Å². The van der Waals surface area contributed by atoms with Crippen LogP contribution in [0.5, 0.6) is 0 Å². The van der Waals surface area contributed by atoms with Crippen LogP contribution in [0.3, 0.4) is 0 Å². The number of nitrogens with zero attached hydrogens (tertiary/aromatic N) is 4. The number of benzene rings is 1. The van der Waals surface area contributed by atoms with E-state index in [2.05, 4.69) is 16.3 Å². The molecule has 2 N–H and O–H groups in total. The van der Waals surface area contributed by atoms with Crippen molar-refractivity contribution >= 4 is 17.5 Å². The van der Waals surface area contributed by atoms with Gasteiger partial charge in [0.15, 0.2) is 0 Å². The van der Waals surface area contributed by atoms with Crippen molar-refractivity contribution in [3.8, 4) is 0 Å². The van der Waals surface area contributed by atoms with Gasteiger partial charge in [-0.15, -0.1) is 10.2 Å². The molecule has 0 spiro atoms. The molecule has 1 aromatic heterocycles. The number of amides is 1. The van der Waals surface area contributed by atoms with Crippen LogP contribution in [0.15, 0.2) is 24.3 Å². The number of hydrogen-bond donors (Lipinski definition) is 1. The minimum absolute atomic E-state index is 0.00449. The molecule has 0 saturated heterocycles. The predicted octanol–water partition coefficient (Wildman–Crippen LogP) is 2.54. The lowest BCUT2D eigenvalue weighted by atomic mass is 9.68. The Morgan fingerprint density at radius 3 is 2.73 bits per heavy atom. The molecule has 2 aromatic rings. The smallest absolute Gasteiger partial charge is 0.292 e. The maximum atomic E-state index is 12.8. The Bertz CT molecular complexity index is 825. The fourth-order valence-electron chi connectivity index (χ4n) is 4.49. The third kappa shape index (κ3) is 2.81. The zero-order valence-electron chi connectivity index (χ0n) is 15.0. The number of halogens is 1. The lowest BCUT2D eigenvalue weighted by Crippen LogP contribution is -2.50. The van der Waals surface area contributed by atoms with Crippen LogP contribution in [0.1, 0.15) is 47.7 Å². The number of rotatable bonds is 3. The summed E-state index contributed by atoms with van der Waals surface area (Å²) in [5.74, 6) is 1.28. The molecule has 1 fully saturated rings. The van der Waals surface area contributed by atoms with Crippen LogP contribution in [0.25, 0.3) is 0 Å². The first-order chi connectivity index (χ1) is 12.5. The van der Waals surface area contributed by atoms with Crippen LogP contribution in [0.4, 0.5) is 0 Å². The third-order valence-electron chi connectivity index (χ3n) is 6.13. The van der Waals surface area contributed by atoms with Gasteiger partial charge in [0.25, 0.3) is 5.91 Å². The van der Waals surface area contributed by atoms with E-state index in [-0.39, 0.29) is 17.4 Å². The first-order valence-electron chi connectivity index (χ1n) is 9.21. The highest BCUT2D eigenvalue weighted by Gasteiger charge is 2.40. The molecule has 1 amide bonds. The zero-order valence-corrected chi connectivity index (χ0v) is 15.7.